The molecular formula is C28H31ClN2O2S. The van der Waals surface area contributed by atoms with Crippen LogP contribution in [-0.4, -0.2) is 34.6 Å². The van der Waals surface area contributed by atoms with Gasteiger partial charge in [-0.1, -0.05) is 84.4 Å². The van der Waals surface area contributed by atoms with Gasteiger partial charge in [-0.05, 0) is 42.7 Å². The smallest absolute Gasteiger partial charge is 0.243 e. The maximum Gasteiger partial charge on any atom is 0.243 e. The first-order valence-corrected chi connectivity index (χ1v) is 13.0. The molecule has 0 fully saturated rings. The zero-order valence-electron chi connectivity index (χ0n) is 19.6. The van der Waals surface area contributed by atoms with E-state index in [2.05, 4.69) is 5.32 Å². The predicted octanol–water partition coefficient (Wildman–Crippen LogP) is 5.74. The lowest BCUT2D eigenvalue weighted by molar-refractivity contribution is -0.139. The average Bonchev–Trinajstić information content (AvgIpc) is 2.83. The number of nitrogens with one attached hydrogen (secondary N) is 1. The van der Waals surface area contributed by atoms with Crippen LogP contribution in [0.1, 0.15) is 30.5 Å². The van der Waals surface area contributed by atoms with Crippen LogP contribution < -0.4 is 5.32 Å². The Kier molecular flexibility index (Phi) is 10.0. The van der Waals surface area contributed by atoms with Crippen LogP contribution >= 0.6 is 23.4 Å². The van der Waals surface area contributed by atoms with Crippen molar-refractivity contribution >= 4 is 35.2 Å². The fourth-order valence-electron chi connectivity index (χ4n) is 3.63. The van der Waals surface area contributed by atoms with Crippen molar-refractivity contribution in [2.45, 2.75) is 44.6 Å². The van der Waals surface area contributed by atoms with Crippen LogP contribution in [0.15, 0.2) is 84.9 Å². The second-order valence-electron chi connectivity index (χ2n) is 8.50. The molecule has 0 aliphatic heterocycles. The molecule has 0 bridgehead atoms. The Bertz CT molecular complexity index is 1040. The number of nitrogens with zero attached hydrogens (tertiary/aromatic N) is 1. The first kappa shape index (κ1) is 25.9. The van der Waals surface area contributed by atoms with Gasteiger partial charge < -0.3 is 10.2 Å². The number of rotatable bonds is 11. The second kappa shape index (κ2) is 13.2. The molecule has 0 radical (unpaired) electrons. The molecule has 3 aromatic carbocycles. The molecule has 4 nitrogen and oxygen atoms in total. The summed E-state index contributed by atoms with van der Waals surface area (Å²) in [6.45, 7) is 4.25. The molecule has 1 N–H and O–H groups in total. The summed E-state index contributed by atoms with van der Waals surface area (Å²) in [6, 6.07) is 26.7. The highest BCUT2D eigenvalue weighted by Gasteiger charge is 2.30. The molecule has 0 aromatic heterocycles. The molecule has 1 atom stereocenters. The minimum Gasteiger partial charge on any atom is -0.352 e. The standard InChI is InChI=1S/C28H31ClN2O2S/c1-21(2)30-28(33)26(17-22-9-5-3-6-10-22)31(18-23-11-7-4-8-12-23)27(32)20-34-19-24-13-15-25(29)16-14-24/h3-16,21,26H,17-20H2,1-2H3,(H,30,33)/t26-/m0/s1. The third-order valence-electron chi connectivity index (χ3n) is 5.31. The van der Waals surface area contributed by atoms with Crippen LogP contribution in [0.4, 0.5) is 0 Å². The molecule has 178 valence electrons. The van der Waals surface area contributed by atoms with E-state index >= 15 is 0 Å². The fraction of sp³-hybridized carbons (Fsp3) is 0.286. The number of carbonyl (C=O) groups excluding carboxylic acids is 2. The first-order valence-electron chi connectivity index (χ1n) is 11.4. The van der Waals surface area contributed by atoms with E-state index < -0.39 is 6.04 Å². The van der Waals surface area contributed by atoms with Gasteiger partial charge in [-0.3, -0.25) is 9.59 Å². The van der Waals surface area contributed by atoms with Crippen molar-refractivity contribution < 1.29 is 9.59 Å². The van der Waals surface area contributed by atoms with Crippen LogP contribution in [0.25, 0.3) is 0 Å². The van der Waals surface area contributed by atoms with Crippen molar-refractivity contribution in [3.63, 3.8) is 0 Å². The van der Waals surface area contributed by atoms with Gasteiger partial charge in [0, 0.05) is 29.8 Å². The van der Waals surface area contributed by atoms with Gasteiger partial charge in [-0.25, -0.2) is 0 Å². The van der Waals surface area contributed by atoms with Crippen molar-refractivity contribution in [1.82, 2.24) is 10.2 Å². The molecule has 0 unspecified atom stereocenters. The van der Waals surface area contributed by atoms with Crippen molar-refractivity contribution in [2.75, 3.05) is 5.75 Å². The number of halogens is 1. The number of amides is 2. The Morgan fingerprint density at radius 2 is 1.44 bits per heavy atom. The maximum absolute atomic E-state index is 13.5. The van der Waals surface area contributed by atoms with Gasteiger partial charge in [-0.2, -0.15) is 0 Å². The molecular weight excluding hydrogens is 464 g/mol. The molecule has 0 heterocycles. The average molecular weight is 495 g/mol. The summed E-state index contributed by atoms with van der Waals surface area (Å²) in [6.07, 6.45) is 0.458. The molecule has 0 saturated heterocycles. The molecule has 2 amide bonds. The van der Waals surface area contributed by atoms with Crippen molar-refractivity contribution in [2.24, 2.45) is 0 Å². The van der Waals surface area contributed by atoms with E-state index in [4.69, 9.17) is 11.6 Å². The Hall–Kier alpha value is -2.76. The van der Waals surface area contributed by atoms with Gasteiger partial charge >= 0.3 is 0 Å². The van der Waals surface area contributed by atoms with Crippen molar-refractivity contribution in [3.8, 4) is 0 Å². The van der Waals surface area contributed by atoms with Gasteiger partial charge in [0.1, 0.15) is 6.04 Å². The Labute approximate surface area is 211 Å². The molecule has 0 saturated carbocycles. The normalized spacial score (nSPS) is 11.8. The Morgan fingerprint density at radius 3 is 2.03 bits per heavy atom. The van der Waals surface area contributed by atoms with Gasteiger partial charge in [0.05, 0.1) is 5.75 Å². The van der Waals surface area contributed by atoms with Crippen LogP contribution in [-0.2, 0) is 28.3 Å². The summed E-state index contributed by atoms with van der Waals surface area (Å²) in [5, 5.41) is 3.71. The van der Waals surface area contributed by atoms with E-state index in [1.807, 2.05) is 98.8 Å². The summed E-state index contributed by atoms with van der Waals surface area (Å²) in [4.78, 5) is 28.5. The van der Waals surface area contributed by atoms with E-state index in [0.717, 1.165) is 16.7 Å². The summed E-state index contributed by atoms with van der Waals surface area (Å²) >= 11 is 7.52. The highest BCUT2D eigenvalue weighted by atomic mass is 35.5. The lowest BCUT2D eigenvalue weighted by Gasteiger charge is -2.32. The van der Waals surface area contributed by atoms with Crippen LogP contribution in [0, 0.1) is 0 Å². The lowest BCUT2D eigenvalue weighted by atomic mass is 10.0. The highest BCUT2D eigenvalue weighted by Crippen LogP contribution is 2.19. The zero-order valence-corrected chi connectivity index (χ0v) is 21.2. The summed E-state index contributed by atoms with van der Waals surface area (Å²) in [7, 11) is 0. The number of hydrogen-bond donors (Lipinski definition) is 1. The zero-order chi connectivity index (χ0) is 24.3. The molecule has 3 aromatic rings. The van der Waals surface area contributed by atoms with Gasteiger partial charge in [-0.15, -0.1) is 11.8 Å². The molecule has 3 rings (SSSR count). The fourth-order valence-corrected chi connectivity index (χ4v) is 4.63. The predicted molar refractivity (Wildman–Crippen MR) is 142 cm³/mol. The van der Waals surface area contributed by atoms with Crippen LogP contribution in [0.3, 0.4) is 0 Å². The lowest BCUT2D eigenvalue weighted by Crippen LogP contribution is -2.52. The Balaban J connectivity index is 1.81. The molecule has 34 heavy (non-hydrogen) atoms. The minimum absolute atomic E-state index is 0.0151. The molecule has 0 spiro atoms. The van der Waals surface area contributed by atoms with E-state index in [9.17, 15) is 9.59 Å². The number of carbonyl (C=O) groups is 2. The van der Waals surface area contributed by atoms with E-state index in [-0.39, 0.29) is 23.6 Å². The largest absolute Gasteiger partial charge is 0.352 e. The van der Waals surface area contributed by atoms with E-state index in [1.54, 1.807) is 16.7 Å². The summed E-state index contributed by atoms with van der Waals surface area (Å²) < 4.78 is 0. The quantitative estimate of drug-likeness (QED) is 0.370. The summed E-state index contributed by atoms with van der Waals surface area (Å²) in [5.74, 6) is 0.799. The molecule has 0 aliphatic rings. The maximum atomic E-state index is 13.5. The number of hydrogen-bond acceptors (Lipinski definition) is 3. The second-order valence-corrected chi connectivity index (χ2v) is 9.92. The van der Waals surface area contributed by atoms with Crippen LogP contribution in [0.2, 0.25) is 5.02 Å². The SMILES string of the molecule is CC(C)NC(=O)[C@H](Cc1ccccc1)N(Cc1ccccc1)C(=O)CSCc1ccc(Cl)cc1. The van der Waals surface area contributed by atoms with E-state index in [0.29, 0.717) is 23.7 Å². The molecule has 0 aliphatic carbocycles. The summed E-state index contributed by atoms with van der Waals surface area (Å²) in [5.41, 5.74) is 3.12. The van der Waals surface area contributed by atoms with Gasteiger partial charge in [0.15, 0.2) is 0 Å². The van der Waals surface area contributed by atoms with Gasteiger partial charge in [0.25, 0.3) is 0 Å². The third-order valence-corrected chi connectivity index (χ3v) is 6.55. The monoisotopic (exact) mass is 494 g/mol. The minimum atomic E-state index is -0.603. The van der Waals surface area contributed by atoms with E-state index in [1.165, 1.54) is 0 Å². The first-order chi connectivity index (χ1) is 16.4. The van der Waals surface area contributed by atoms with Crippen molar-refractivity contribution in [3.05, 3.63) is 107 Å². The number of benzene rings is 3. The van der Waals surface area contributed by atoms with Crippen LogP contribution in [0.5, 0.6) is 0 Å². The Morgan fingerprint density at radius 1 is 0.853 bits per heavy atom. The highest BCUT2D eigenvalue weighted by molar-refractivity contribution is 7.99. The van der Waals surface area contributed by atoms with Crippen molar-refractivity contribution in [1.29, 1.82) is 0 Å². The number of thioether (sulfide) groups is 1. The van der Waals surface area contributed by atoms with Gasteiger partial charge in [0.2, 0.25) is 11.8 Å². The topological polar surface area (TPSA) is 49.4 Å². The molecule has 6 heteroatoms. The third kappa shape index (κ3) is 8.23.